The molecule has 2 aromatic rings. The number of nitrogens with two attached hydrogens (primary N) is 1. The van der Waals surface area contributed by atoms with Gasteiger partial charge in [0.15, 0.2) is 5.78 Å². The molecule has 0 bridgehead atoms. The highest BCUT2D eigenvalue weighted by Crippen LogP contribution is 2.46. The molecule has 2 aliphatic rings. The number of anilines is 1. The lowest BCUT2D eigenvalue weighted by Gasteiger charge is -2.39. The SMILES string of the molecule is N#CC1=C(N)N(c2ccc([N+](=O)[O-])cc2)C2=C(C(=O)CCC2)[C@@H]1c1cccnc1. The van der Waals surface area contributed by atoms with Gasteiger partial charge in [0.05, 0.1) is 22.5 Å². The van der Waals surface area contributed by atoms with E-state index in [9.17, 15) is 20.2 Å². The average Bonchev–Trinajstić information content (AvgIpc) is 2.74. The highest BCUT2D eigenvalue weighted by Gasteiger charge is 2.40. The van der Waals surface area contributed by atoms with Gasteiger partial charge in [0.1, 0.15) is 5.82 Å². The topological polar surface area (TPSA) is 126 Å². The Balaban J connectivity index is 1.92. The summed E-state index contributed by atoms with van der Waals surface area (Å²) in [5, 5.41) is 20.9. The van der Waals surface area contributed by atoms with Crippen LogP contribution in [0.15, 0.2) is 71.5 Å². The van der Waals surface area contributed by atoms with Crippen LogP contribution in [0.5, 0.6) is 0 Å². The molecule has 2 N–H and O–H groups in total. The van der Waals surface area contributed by atoms with Gasteiger partial charge in [-0.25, -0.2) is 0 Å². The molecule has 29 heavy (non-hydrogen) atoms. The smallest absolute Gasteiger partial charge is 0.269 e. The number of nitro groups is 1. The first-order chi connectivity index (χ1) is 14.0. The van der Waals surface area contributed by atoms with E-state index in [0.717, 1.165) is 11.3 Å². The Labute approximate surface area is 166 Å². The third-order valence-corrected chi connectivity index (χ3v) is 5.25. The van der Waals surface area contributed by atoms with Crippen molar-refractivity contribution in [3.05, 3.63) is 87.1 Å². The van der Waals surface area contributed by atoms with E-state index in [0.29, 0.717) is 30.5 Å². The largest absolute Gasteiger partial charge is 0.384 e. The number of rotatable bonds is 3. The Kier molecular flexibility index (Phi) is 4.56. The standard InChI is InChI=1S/C21H17N5O3/c22-11-16-19(13-3-2-10-24-12-13)20-17(4-1-5-18(20)27)25(21(16)23)14-6-8-15(9-7-14)26(28)29/h2-3,6-10,12,19H,1,4-5,23H2/t19-/m1/s1. The number of carbonyl (C=O) groups excluding carboxylic acids is 1. The number of hydrogen-bond acceptors (Lipinski definition) is 7. The van der Waals surface area contributed by atoms with E-state index in [1.165, 1.54) is 12.1 Å². The maximum absolute atomic E-state index is 12.9. The normalized spacial score (nSPS) is 19.1. The first kappa shape index (κ1) is 18.4. The summed E-state index contributed by atoms with van der Waals surface area (Å²) in [4.78, 5) is 29.2. The molecule has 1 aliphatic carbocycles. The zero-order valence-electron chi connectivity index (χ0n) is 15.4. The second-order valence-electron chi connectivity index (χ2n) is 6.88. The Morgan fingerprint density at radius 1 is 1.24 bits per heavy atom. The highest BCUT2D eigenvalue weighted by atomic mass is 16.6. The van der Waals surface area contributed by atoms with E-state index in [4.69, 9.17) is 5.73 Å². The predicted molar refractivity (Wildman–Crippen MR) is 105 cm³/mol. The number of Topliss-reactive ketones (excluding diaryl/α,β-unsaturated/α-hetero) is 1. The highest BCUT2D eigenvalue weighted by molar-refractivity contribution is 6.01. The molecule has 2 heterocycles. The van der Waals surface area contributed by atoms with Crippen molar-refractivity contribution in [2.45, 2.75) is 25.2 Å². The van der Waals surface area contributed by atoms with Crippen LogP contribution in [-0.2, 0) is 4.79 Å². The minimum atomic E-state index is -0.564. The van der Waals surface area contributed by atoms with Gasteiger partial charge in [-0.05, 0) is 36.6 Å². The molecule has 0 saturated heterocycles. The molecule has 1 aromatic heterocycles. The number of allylic oxidation sites excluding steroid dienone is 3. The van der Waals surface area contributed by atoms with Crippen LogP contribution in [-0.4, -0.2) is 15.7 Å². The van der Waals surface area contributed by atoms with E-state index in [2.05, 4.69) is 11.1 Å². The van der Waals surface area contributed by atoms with Gasteiger partial charge < -0.3 is 5.73 Å². The number of nitro benzene ring substituents is 1. The summed E-state index contributed by atoms with van der Waals surface area (Å²) in [6.45, 7) is 0. The predicted octanol–water partition coefficient (Wildman–Crippen LogP) is 3.29. The number of pyridine rings is 1. The summed E-state index contributed by atoms with van der Waals surface area (Å²) >= 11 is 0. The van der Waals surface area contributed by atoms with Crippen LogP contribution in [0.1, 0.15) is 30.7 Å². The summed E-state index contributed by atoms with van der Waals surface area (Å²) in [7, 11) is 0. The molecule has 0 fully saturated rings. The lowest BCUT2D eigenvalue weighted by molar-refractivity contribution is -0.384. The number of hydrogen-bond donors (Lipinski definition) is 1. The van der Waals surface area contributed by atoms with Gasteiger partial charge in [-0.1, -0.05) is 6.07 Å². The fraction of sp³-hybridized carbons (Fsp3) is 0.190. The fourth-order valence-electron chi connectivity index (χ4n) is 3.98. The van der Waals surface area contributed by atoms with Crippen LogP contribution < -0.4 is 10.6 Å². The Morgan fingerprint density at radius 3 is 2.62 bits per heavy atom. The molecule has 0 saturated carbocycles. The Morgan fingerprint density at radius 2 is 2.00 bits per heavy atom. The average molecular weight is 387 g/mol. The van der Waals surface area contributed by atoms with Gasteiger partial charge in [-0.15, -0.1) is 0 Å². The first-order valence-electron chi connectivity index (χ1n) is 9.13. The van der Waals surface area contributed by atoms with Crippen molar-refractivity contribution in [1.29, 1.82) is 5.26 Å². The monoisotopic (exact) mass is 387 g/mol. The molecule has 144 valence electrons. The number of ketones is 1. The van der Waals surface area contributed by atoms with Crippen molar-refractivity contribution in [3.8, 4) is 6.07 Å². The van der Waals surface area contributed by atoms with Gasteiger partial charge in [-0.3, -0.25) is 24.8 Å². The van der Waals surface area contributed by atoms with Crippen LogP contribution >= 0.6 is 0 Å². The molecule has 8 nitrogen and oxygen atoms in total. The number of aromatic nitrogens is 1. The lowest BCUT2D eigenvalue weighted by atomic mass is 9.76. The quantitative estimate of drug-likeness (QED) is 0.632. The summed E-state index contributed by atoms with van der Waals surface area (Å²) in [6, 6.07) is 11.7. The Bertz CT molecular complexity index is 1100. The Hall–Kier alpha value is -3.99. The van der Waals surface area contributed by atoms with Crippen LogP contribution in [0.3, 0.4) is 0 Å². The number of nitrogens with zero attached hydrogens (tertiary/aromatic N) is 4. The molecule has 4 rings (SSSR count). The van der Waals surface area contributed by atoms with E-state index in [1.807, 2.05) is 6.07 Å². The molecule has 0 radical (unpaired) electrons. The lowest BCUT2D eigenvalue weighted by Crippen LogP contribution is -2.38. The third-order valence-electron chi connectivity index (χ3n) is 5.25. The number of benzene rings is 1. The first-order valence-corrected chi connectivity index (χ1v) is 9.13. The number of nitriles is 1. The van der Waals surface area contributed by atoms with Gasteiger partial charge in [0, 0.05) is 47.9 Å². The third kappa shape index (κ3) is 3.02. The van der Waals surface area contributed by atoms with Gasteiger partial charge in [0.2, 0.25) is 0 Å². The molecular weight excluding hydrogens is 370 g/mol. The zero-order valence-corrected chi connectivity index (χ0v) is 15.4. The molecule has 8 heteroatoms. The fourth-order valence-corrected chi connectivity index (χ4v) is 3.98. The van der Waals surface area contributed by atoms with E-state index in [-0.39, 0.29) is 22.9 Å². The van der Waals surface area contributed by atoms with Gasteiger partial charge >= 0.3 is 0 Å². The summed E-state index contributed by atoms with van der Waals surface area (Å²) in [6.07, 6.45) is 4.97. The minimum absolute atomic E-state index is 0.0211. The van der Waals surface area contributed by atoms with Crippen LogP contribution in [0, 0.1) is 21.4 Å². The molecule has 1 aromatic carbocycles. The molecule has 1 atom stereocenters. The van der Waals surface area contributed by atoms with Crippen molar-refractivity contribution in [3.63, 3.8) is 0 Å². The molecule has 0 unspecified atom stereocenters. The van der Waals surface area contributed by atoms with Crippen LogP contribution in [0.25, 0.3) is 0 Å². The van der Waals surface area contributed by atoms with Crippen molar-refractivity contribution >= 4 is 17.2 Å². The van der Waals surface area contributed by atoms with E-state index < -0.39 is 10.8 Å². The number of carbonyl (C=O) groups is 1. The van der Waals surface area contributed by atoms with E-state index in [1.54, 1.807) is 35.5 Å². The summed E-state index contributed by atoms with van der Waals surface area (Å²) in [5.41, 5.74) is 9.25. The molecule has 1 aliphatic heterocycles. The van der Waals surface area contributed by atoms with Gasteiger partial charge in [0.25, 0.3) is 5.69 Å². The van der Waals surface area contributed by atoms with E-state index >= 15 is 0 Å². The maximum Gasteiger partial charge on any atom is 0.269 e. The van der Waals surface area contributed by atoms with Crippen molar-refractivity contribution < 1.29 is 9.72 Å². The van der Waals surface area contributed by atoms with Gasteiger partial charge in [-0.2, -0.15) is 5.26 Å². The molecular formula is C21H17N5O3. The van der Waals surface area contributed by atoms with Crippen LogP contribution in [0.2, 0.25) is 0 Å². The molecule has 0 spiro atoms. The summed E-state index contributed by atoms with van der Waals surface area (Å²) < 4.78 is 0. The second kappa shape index (κ2) is 7.20. The van der Waals surface area contributed by atoms with Crippen LogP contribution in [0.4, 0.5) is 11.4 Å². The minimum Gasteiger partial charge on any atom is -0.384 e. The second-order valence-corrected chi connectivity index (χ2v) is 6.88. The van der Waals surface area contributed by atoms with Crippen molar-refractivity contribution in [2.24, 2.45) is 5.73 Å². The maximum atomic E-state index is 12.9. The summed E-state index contributed by atoms with van der Waals surface area (Å²) in [5.74, 6) is -0.360. The molecule has 0 amide bonds. The number of non-ortho nitro benzene ring substituents is 1. The zero-order chi connectivity index (χ0) is 20.5. The van der Waals surface area contributed by atoms with Crippen molar-refractivity contribution in [1.82, 2.24) is 4.98 Å². The van der Waals surface area contributed by atoms with Crippen molar-refractivity contribution in [2.75, 3.05) is 4.90 Å².